The zero-order valence-corrected chi connectivity index (χ0v) is 14.5. The minimum absolute atomic E-state index is 0.420. The van der Waals surface area contributed by atoms with Crippen molar-refractivity contribution in [3.05, 3.63) is 12.7 Å². The van der Waals surface area contributed by atoms with Crippen molar-refractivity contribution in [2.45, 2.75) is 35.1 Å². The van der Waals surface area contributed by atoms with Crippen molar-refractivity contribution in [3.8, 4) is 0 Å². The standard InChI is InChI=1S/C11H8F13NO4S/c1-2-5(26)29-4-3-25-30(27,28)11(23,24)9(18,19)7(14,15)6(12,13)8(16,17)10(20,21)22/h2,25H,1,3-4H2. The number of carbonyl (C=O) groups is 1. The third kappa shape index (κ3) is 4.30. The zero-order chi connectivity index (χ0) is 24.6. The Morgan fingerprint density at radius 2 is 1.20 bits per heavy atom. The Morgan fingerprint density at radius 1 is 0.800 bits per heavy atom. The van der Waals surface area contributed by atoms with Gasteiger partial charge in [-0.3, -0.25) is 0 Å². The quantitative estimate of drug-likeness (QED) is 0.218. The molecule has 0 rings (SSSR count). The Bertz CT molecular complexity index is 760. The molecule has 0 aromatic heterocycles. The molecule has 178 valence electrons. The fourth-order valence-corrected chi connectivity index (χ4v) is 2.40. The van der Waals surface area contributed by atoms with Gasteiger partial charge in [-0.25, -0.2) is 17.9 Å². The van der Waals surface area contributed by atoms with Gasteiger partial charge in [0.1, 0.15) is 6.61 Å². The molecular weight excluding hydrogens is 489 g/mol. The minimum Gasteiger partial charge on any atom is -0.461 e. The SMILES string of the molecule is C=CC(=O)OCCNS(=O)(=O)C(F)(F)C(F)(F)C(F)(F)C(F)(F)C(F)(F)C(F)(F)F. The van der Waals surface area contributed by atoms with E-state index in [0.717, 1.165) is 0 Å². The summed E-state index contributed by atoms with van der Waals surface area (Å²) in [4.78, 5) is 10.6. The molecule has 0 fully saturated rings. The highest BCUT2D eigenvalue weighted by Crippen LogP contribution is 2.60. The number of halogens is 13. The van der Waals surface area contributed by atoms with Gasteiger partial charge >= 0.3 is 41.1 Å². The second-order valence-corrected chi connectivity index (χ2v) is 6.89. The summed E-state index contributed by atoms with van der Waals surface area (Å²) >= 11 is 0. The van der Waals surface area contributed by atoms with Gasteiger partial charge in [0, 0.05) is 12.6 Å². The molecule has 0 amide bonds. The van der Waals surface area contributed by atoms with E-state index >= 15 is 0 Å². The van der Waals surface area contributed by atoms with Crippen LogP contribution in [-0.2, 0) is 19.6 Å². The van der Waals surface area contributed by atoms with E-state index in [2.05, 4.69) is 11.3 Å². The third-order valence-electron chi connectivity index (χ3n) is 3.05. The maximum atomic E-state index is 13.5. The van der Waals surface area contributed by atoms with Gasteiger partial charge < -0.3 is 4.74 Å². The Balaban J connectivity index is 6.06. The minimum atomic E-state index is -8.24. The molecule has 0 saturated heterocycles. The molecule has 0 unspecified atom stereocenters. The van der Waals surface area contributed by atoms with Crippen molar-refractivity contribution in [1.29, 1.82) is 0 Å². The third-order valence-corrected chi connectivity index (χ3v) is 4.56. The first-order chi connectivity index (χ1) is 13.0. The molecule has 1 N–H and O–H groups in total. The molecule has 0 bridgehead atoms. The highest BCUT2D eigenvalue weighted by molar-refractivity contribution is 7.90. The molecule has 30 heavy (non-hydrogen) atoms. The molecule has 0 atom stereocenters. The summed E-state index contributed by atoms with van der Waals surface area (Å²) in [6.45, 7) is 0.0534. The highest BCUT2D eigenvalue weighted by Gasteiger charge is 2.92. The van der Waals surface area contributed by atoms with Crippen molar-refractivity contribution in [3.63, 3.8) is 0 Å². The molecule has 0 saturated carbocycles. The topological polar surface area (TPSA) is 72.5 Å². The molecule has 0 heterocycles. The van der Waals surface area contributed by atoms with Gasteiger partial charge in [-0.05, 0) is 0 Å². The van der Waals surface area contributed by atoms with E-state index in [0.29, 0.717) is 10.8 Å². The molecular formula is C11H8F13NO4S. The van der Waals surface area contributed by atoms with Gasteiger partial charge in [-0.1, -0.05) is 6.58 Å². The number of alkyl halides is 13. The fourth-order valence-electron chi connectivity index (χ4n) is 1.40. The molecule has 0 aliphatic heterocycles. The number of carbonyl (C=O) groups excluding carboxylic acids is 1. The van der Waals surface area contributed by atoms with Gasteiger partial charge in [0.2, 0.25) is 0 Å². The number of rotatable bonds is 10. The average molecular weight is 497 g/mol. The summed E-state index contributed by atoms with van der Waals surface area (Å²) < 4.78 is 194. The normalized spacial score (nSPS) is 15.1. The summed E-state index contributed by atoms with van der Waals surface area (Å²) in [7, 11) is -7.14. The summed E-state index contributed by atoms with van der Waals surface area (Å²) in [5.41, 5.74) is 0. The summed E-state index contributed by atoms with van der Waals surface area (Å²) in [5.74, 6) is -33.7. The first-order valence-electron chi connectivity index (χ1n) is 6.70. The number of hydrogen-bond acceptors (Lipinski definition) is 4. The molecule has 0 aromatic rings. The fraction of sp³-hybridized carbons (Fsp3) is 0.727. The predicted octanol–water partition coefficient (Wildman–Crippen LogP) is 3.33. The monoisotopic (exact) mass is 497 g/mol. The van der Waals surface area contributed by atoms with Crippen molar-refractivity contribution in [2.75, 3.05) is 13.2 Å². The molecule has 19 heteroatoms. The summed E-state index contributed by atoms with van der Waals surface area (Å²) in [5, 5.41) is -7.35. The predicted molar refractivity (Wildman–Crippen MR) is 68.9 cm³/mol. The maximum Gasteiger partial charge on any atom is 0.460 e. The van der Waals surface area contributed by atoms with Crippen LogP contribution in [0, 0.1) is 0 Å². The van der Waals surface area contributed by atoms with Crippen LogP contribution < -0.4 is 4.72 Å². The van der Waals surface area contributed by atoms with E-state index < -0.39 is 64.3 Å². The van der Waals surface area contributed by atoms with Crippen molar-refractivity contribution < 1.29 is 75.0 Å². The molecule has 5 nitrogen and oxygen atoms in total. The van der Waals surface area contributed by atoms with E-state index in [1.54, 1.807) is 0 Å². The molecule has 0 aliphatic carbocycles. The molecule has 0 spiro atoms. The first-order valence-corrected chi connectivity index (χ1v) is 8.18. The van der Waals surface area contributed by atoms with Crippen LogP contribution in [0.5, 0.6) is 0 Å². The van der Waals surface area contributed by atoms with E-state index in [-0.39, 0.29) is 0 Å². The van der Waals surface area contributed by atoms with Crippen LogP contribution in [0.3, 0.4) is 0 Å². The molecule has 0 aromatic carbocycles. The largest absolute Gasteiger partial charge is 0.461 e. The van der Waals surface area contributed by atoms with Gasteiger partial charge in [-0.2, -0.15) is 57.1 Å². The van der Waals surface area contributed by atoms with Crippen LogP contribution in [0.15, 0.2) is 12.7 Å². The smallest absolute Gasteiger partial charge is 0.460 e. The Kier molecular flexibility index (Phi) is 7.56. The highest BCUT2D eigenvalue weighted by atomic mass is 32.2. The lowest BCUT2D eigenvalue weighted by molar-refractivity contribution is -0.433. The summed E-state index contributed by atoms with van der Waals surface area (Å²) in [6, 6.07) is 0. The Hall–Kier alpha value is -1.79. The number of nitrogens with one attached hydrogen (secondary N) is 1. The van der Waals surface area contributed by atoms with Gasteiger partial charge in [0.15, 0.2) is 0 Å². The van der Waals surface area contributed by atoms with Crippen LogP contribution >= 0.6 is 0 Å². The Morgan fingerprint density at radius 3 is 1.57 bits per heavy atom. The second-order valence-electron chi connectivity index (χ2n) is 5.08. The van der Waals surface area contributed by atoms with E-state index in [1.807, 2.05) is 0 Å². The van der Waals surface area contributed by atoms with Crippen LogP contribution in [0.4, 0.5) is 57.1 Å². The molecule has 0 aliphatic rings. The van der Waals surface area contributed by atoms with Gasteiger partial charge in [-0.15, -0.1) is 0 Å². The van der Waals surface area contributed by atoms with Crippen LogP contribution in [0.2, 0.25) is 0 Å². The van der Waals surface area contributed by atoms with Crippen LogP contribution in [0.1, 0.15) is 0 Å². The van der Waals surface area contributed by atoms with E-state index in [4.69, 9.17) is 0 Å². The number of sulfonamides is 1. The van der Waals surface area contributed by atoms with Crippen LogP contribution in [-0.4, -0.2) is 62.7 Å². The van der Waals surface area contributed by atoms with E-state index in [9.17, 15) is 70.3 Å². The zero-order valence-electron chi connectivity index (χ0n) is 13.7. The second kappa shape index (κ2) is 8.04. The number of ether oxygens (including phenoxy) is 1. The Labute approximate surface area is 157 Å². The lowest BCUT2D eigenvalue weighted by atomic mass is 9.98. The van der Waals surface area contributed by atoms with Crippen LogP contribution in [0.25, 0.3) is 0 Å². The molecule has 0 radical (unpaired) electrons. The average Bonchev–Trinajstić information content (AvgIpc) is 2.56. The van der Waals surface area contributed by atoms with Gasteiger partial charge in [0.25, 0.3) is 10.0 Å². The summed E-state index contributed by atoms with van der Waals surface area (Å²) in [6.07, 6.45) is -7.17. The van der Waals surface area contributed by atoms with Gasteiger partial charge in [0.05, 0.1) is 0 Å². The maximum absolute atomic E-state index is 13.5. The first kappa shape index (κ1) is 28.2. The van der Waals surface area contributed by atoms with Crippen molar-refractivity contribution in [2.24, 2.45) is 0 Å². The number of esters is 1. The van der Waals surface area contributed by atoms with Crippen molar-refractivity contribution in [1.82, 2.24) is 4.72 Å². The number of hydrogen-bond donors (Lipinski definition) is 1. The lowest BCUT2D eigenvalue weighted by Gasteiger charge is -2.39. The van der Waals surface area contributed by atoms with E-state index in [1.165, 1.54) is 0 Å². The lowest BCUT2D eigenvalue weighted by Crippen LogP contribution is -2.71. The van der Waals surface area contributed by atoms with Crippen molar-refractivity contribution >= 4 is 16.0 Å².